The van der Waals surface area contributed by atoms with Crippen molar-refractivity contribution in [2.24, 2.45) is 0 Å². The Bertz CT molecular complexity index is 1070. The van der Waals surface area contributed by atoms with E-state index in [-0.39, 0.29) is 11.8 Å². The highest BCUT2D eigenvalue weighted by Gasteiger charge is 2.19. The fourth-order valence-corrected chi connectivity index (χ4v) is 3.71. The Balaban J connectivity index is 1.46. The number of carbonyl (C=O) groups excluding carboxylic acids is 2. The summed E-state index contributed by atoms with van der Waals surface area (Å²) in [4.78, 5) is 27.2. The Labute approximate surface area is 185 Å². The van der Waals surface area contributed by atoms with Gasteiger partial charge in [-0.25, -0.2) is 0 Å². The van der Waals surface area contributed by atoms with Crippen LogP contribution in [0.1, 0.15) is 20.7 Å². The topological polar surface area (TPSA) is 70.7 Å². The summed E-state index contributed by atoms with van der Waals surface area (Å²) in [5.41, 5.74) is 3.11. The fourth-order valence-electron chi connectivity index (χ4n) is 3.42. The molecular formula is C24H22ClN3O3. The van der Waals surface area contributed by atoms with Crippen molar-refractivity contribution in [3.8, 4) is 0 Å². The molecule has 2 amide bonds. The zero-order valence-corrected chi connectivity index (χ0v) is 17.6. The van der Waals surface area contributed by atoms with Crippen LogP contribution in [0.5, 0.6) is 0 Å². The van der Waals surface area contributed by atoms with Gasteiger partial charge in [0.1, 0.15) is 0 Å². The number of para-hydroxylation sites is 1. The van der Waals surface area contributed by atoms with Crippen LogP contribution in [-0.2, 0) is 4.74 Å². The number of anilines is 3. The number of morpholine rings is 1. The van der Waals surface area contributed by atoms with Crippen LogP contribution >= 0.6 is 11.6 Å². The molecule has 0 radical (unpaired) electrons. The number of hydrogen-bond donors (Lipinski definition) is 2. The second-order valence-corrected chi connectivity index (χ2v) is 7.49. The predicted molar refractivity (Wildman–Crippen MR) is 123 cm³/mol. The summed E-state index contributed by atoms with van der Waals surface area (Å²) in [5.74, 6) is -0.454. The molecule has 3 aromatic carbocycles. The van der Waals surface area contributed by atoms with Crippen molar-refractivity contribution < 1.29 is 14.3 Å². The second-order valence-electron chi connectivity index (χ2n) is 7.09. The first-order valence-corrected chi connectivity index (χ1v) is 10.4. The van der Waals surface area contributed by atoms with E-state index in [0.29, 0.717) is 53.8 Å². The maximum Gasteiger partial charge on any atom is 0.255 e. The molecule has 1 aliphatic heterocycles. The lowest BCUT2D eigenvalue weighted by Gasteiger charge is -2.31. The van der Waals surface area contributed by atoms with Gasteiger partial charge in [-0.3, -0.25) is 9.59 Å². The Morgan fingerprint density at radius 1 is 0.774 bits per heavy atom. The van der Waals surface area contributed by atoms with Crippen LogP contribution in [0.15, 0.2) is 72.8 Å². The zero-order valence-electron chi connectivity index (χ0n) is 16.8. The lowest BCUT2D eigenvalue weighted by atomic mass is 10.1. The molecule has 31 heavy (non-hydrogen) atoms. The average molecular weight is 436 g/mol. The normalized spacial score (nSPS) is 13.5. The quantitative estimate of drug-likeness (QED) is 0.610. The maximum atomic E-state index is 12.8. The molecule has 1 heterocycles. The smallest absolute Gasteiger partial charge is 0.255 e. The van der Waals surface area contributed by atoms with Crippen LogP contribution < -0.4 is 15.5 Å². The number of rotatable bonds is 5. The molecule has 158 valence electrons. The third-order valence-electron chi connectivity index (χ3n) is 5.00. The highest BCUT2D eigenvalue weighted by molar-refractivity contribution is 6.34. The third kappa shape index (κ3) is 5.05. The minimum absolute atomic E-state index is 0.202. The Hall–Kier alpha value is -3.35. The first kappa shape index (κ1) is 20.9. The van der Waals surface area contributed by atoms with Crippen LogP contribution in [0.2, 0.25) is 5.02 Å². The molecule has 6 nitrogen and oxygen atoms in total. The van der Waals surface area contributed by atoms with E-state index in [0.717, 1.165) is 5.69 Å². The summed E-state index contributed by atoms with van der Waals surface area (Å²) < 4.78 is 5.42. The molecule has 1 aliphatic rings. The molecule has 1 saturated heterocycles. The number of nitrogens with zero attached hydrogens (tertiary/aromatic N) is 1. The van der Waals surface area contributed by atoms with Crippen molar-refractivity contribution >= 4 is 40.5 Å². The Morgan fingerprint density at radius 2 is 1.42 bits per heavy atom. The molecule has 0 saturated carbocycles. The molecule has 7 heteroatoms. The van der Waals surface area contributed by atoms with Crippen LogP contribution in [0.3, 0.4) is 0 Å². The molecular weight excluding hydrogens is 414 g/mol. The van der Waals surface area contributed by atoms with E-state index in [1.54, 1.807) is 36.4 Å². The summed E-state index contributed by atoms with van der Waals surface area (Å²) in [7, 11) is 0. The molecule has 1 fully saturated rings. The van der Waals surface area contributed by atoms with Gasteiger partial charge in [0.15, 0.2) is 0 Å². The van der Waals surface area contributed by atoms with E-state index < -0.39 is 0 Å². The van der Waals surface area contributed by atoms with Crippen LogP contribution in [-0.4, -0.2) is 38.1 Å². The van der Waals surface area contributed by atoms with Gasteiger partial charge in [-0.1, -0.05) is 35.9 Å². The molecule has 0 aliphatic carbocycles. The summed E-state index contributed by atoms with van der Waals surface area (Å²) in [6.07, 6.45) is 0. The maximum absolute atomic E-state index is 12.8. The zero-order chi connectivity index (χ0) is 21.6. The molecule has 4 rings (SSSR count). The standard InChI is InChI=1S/C24H22ClN3O3/c25-20-7-4-8-21(22(20)28-13-15-31-16-14-28)27-24(30)18-9-11-19(12-10-18)26-23(29)17-5-2-1-3-6-17/h1-12H,13-16H2,(H,26,29)(H,27,30). The number of benzene rings is 3. The van der Waals surface area contributed by atoms with Gasteiger partial charge in [0.25, 0.3) is 11.8 Å². The monoisotopic (exact) mass is 435 g/mol. The van der Waals surface area contributed by atoms with Crippen molar-refractivity contribution in [3.63, 3.8) is 0 Å². The Kier molecular flexibility index (Phi) is 6.50. The number of amides is 2. The van der Waals surface area contributed by atoms with Crippen LogP contribution in [0, 0.1) is 0 Å². The van der Waals surface area contributed by atoms with Crippen molar-refractivity contribution in [1.29, 1.82) is 0 Å². The van der Waals surface area contributed by atoms with Crippen molar-refractivity contribution in [2.45, 2.75) is 0 Å². The molecule has 0 bridgehead atoms. The summed E-state index contributed by atoms with van der Waals surface area (Å²) in [6, 6.07) is 21.2. The van der Waals surface area contributed by atoms with Gasteiger partial charge >= 0.3 is 0 Å². The first-order chi connectivity index (χ1) is 15.1. The Morgan fingerprint density at radius 3 is 2.13 bits per heavy atom. The summed E-state index contributed by atoms with van der Waals surface area (Å²) >= 11 is 6.44. The van der Waals surface area contributed by atoms with E-state index >= 15 is 0 Å². The molecule has 3 aromatic rings. The second kappa shape index (κ2) is 9.64. The van der Waals surface area contributed by atoms with Gasteiger partial charge in [-0.05, 0) is 48.5 Å². The van der Waals surface area contributed by atoms with Gasteiger partial charge in [0.2, 0.25) is 0 Å². The molecule has 2 N–H and O–H groups in total. The van der Waals surface area contributed by atoms with Gasteiger partial charge in [0, 0.05) is 29.9 Å². The van der Waals surface area contributed by atoms with Crippen molar-refractivity contribution in [2.75, 3.05) is 41.8 Å². The third-order valence-corrected chi connectivity index (χ3v) is 5.31. The number of carbonyl (C=O) groups is 2. The van der Waals surface area contributed by atoms with Crippen molar-refractivity contribution in [1.82, 2.24) is 0 Å². The van der Waals surface area contributed by atoms with Gasteiger partial charge in [0.05, 0.1) is 29.6 Å². The van der Waals surface area contributed by atoms with E-state index in [1.807, 2.05) is 36.4 Å². The van der Waals surface area contributed by atoms with Crippen LogP contribution in [0.25, 0.3) is 0 Å². The lowest BCUT2D eigenvalue weighted by Crippen LogP contribution is -2.37. The van der Waals surface area contributed by atoms with Crippen molar-refractivity contribution in [3.05, 3.63) is 88.9 Å². The largest absolute Gasteiger partial charge is 0.378 e. The lowest BCUT2D eigenvalue weighted by molar-refractivity contribution is 0.102. The molecule has 0 spiro atoms. The minimum Gasteiger partial charge on any atom is -0.378 e. The van der Waals surface area contributed by atoms with Gasteiger partial charge in [-0.2, -0.15) is 0 Å². The molecule has 0 atom stereocenters. The minimum atomic E-state index is -0.252. The summed E-state index contributed by atoms with van der Waals surface area (Å²) in [5, 5.41) is 6.37. The van der Waals surface area contributed by atoms with Crippen LogP contribution in [0.4, 0.5) is 17.1 Å². The predicted octanol–water partition coefficient (Wildman–Crippen LogP) is 4.68. The fraction of sp³-hybridized carbons (Fsp3) is 0.167. The van der Waals surface area contributed by atoms with E-state index in [9.17, 15) is 9.59 Å². The number of halogens is 1. The highest BCUT2D eigenvalue weighted by atomic mass is 35.5. The number of hydrogen-bond acceptors (Lipinski definition) is 4. The highest BCUT2D eigenvalue weighted by Crippen LogP contribution is 2.34. The average Bonchev–Trinajstić information content (AvgIpc) is 2.81. The van der Waals surface area contributed by atoms with E-state index in [2.05, 4.69) is 15.5 Å². The van der Waals surface area contributed by atoms with Gasteiger partial charge in [-0.15, -0.1) is 0 Å². The van der Waals surface area contributed by atoms with E-state index in [1.165, 1.54) is 0 Å². The number of nitrogens with one attached hydrogen (secondary N) is 2. The molecule has 0 unspecified atom stereocenters. The SMILES string of the molecule is O=C(Nc1ccc(C(=O)Nc2cccc(Cl)c2N2CCOCC2)cc1)c1ccccc1. The van der Waals surface area contributed by atoms with Gasteiger partial charge < -0.3 is 20.3 Å². The first-order valence-electron chi connectivity index (χ1n) is 10.0. The van der Waals surface area contributed by atoms with E-state index in [4.69, 9.17) is 16.3 Å². The molecule has 0 aromatic heterocycles. The summed E-state index contributed by atoms with van der Waals surface area (Å²) in [6.45, 7) is 2.66. The number of ether oxygens (including phenoxy) is 1.